The molecule has 0 nitrogen and oxygen atoms in total. The van der Waals surface area contributed by atoms with Gasteiger partial charge in [-0.1, -0.05) is 46.5 Å². The third-order valence-corrected chi connectivity index (χ3v) is 4.90. The predicted octanol–water partition coefficient (Wildman–Crippen LogP) is 4.84. The van der Waals surface area contributed by atoms with Gasteiger partial charge >= 0.3 is 0 Å². The molecular weight excluding hydrogens is 180 g/mol. The van der Waals surface area contributed by atoms with Gasteiger partial charge in [-0.2, -0.15) is 0 Å². The molecule has 15 heavy (non-hydrogen) atoms. The minimum Gasteiger partial charge on any atom is -0.0625 e. The van der Waals surface area contributed by atoms with E-state index in [-0.39, 0.29) is 0 Å². The second-order valence-corrected chi connectivity index (χ2v) is 6.22. The molecule has 4 unspecified atom stereocenters. The summed E-state index contributed by atoms with van der Waals surface area (Å²) in [7, 11) is 0. The van der Waals surface area contributed by atoms with E-state index >= 15 is 0 Å². The third kappa shape index (κ3) is 2.57. The average Bonchev–Trinajstić information content (AvgIpc) is 2.20. The van der Waals surface area contributed by atoms with Gasteiger partial charge < -0.3 is 0 Å². The van der Waals surface area contributed by atoms with Gasteiger partial charge in [-0.3, -0.25) is 0 Å². The first-order chi connectivity index (χ1) is 7.18. The van der Waals surface area contributed by atoms with Gasteiger partial charge in [-0.15, -0.1) is 0 Å². The molecule has 2 saturated carbocycles. The van der Waals surface area contributed by atoms with Crippen LogP contribution < -0.4 is 0 Å². The van der Waals surface area contributed by atoms with Crippen molar-refractivity contribution in [3.63, 3.8) is 0 Å². The fourth-order valence-corrected chi connectivity index (χ4v) is 3.95. The molecule has 0 aromatic heterocycles. The number of hydrogen-bond donors (Lipinski definition) is 0. The highest BCUT2D eigenvalue weighted by Crippen LogP contribution is 2.46. The Morgan fingerprint density at radius 1 is 0.933 bits per heavy atom. The van der Waals surface area contributed by atoms with Gasteiger partial charge in [0.15, 0.2) is 0 Å². The molecule has 0 heteroatoms. The molecule has 2 aliphatic carbocycles. The Hall–Kier alpha value is 0. The van der Waals surface area contributed by atoms with E-state index in [1.807, 2.05) is 5.92 Å². The summed E-state index contributed by atoms with van der Waals surface area (Å²) < 4.78 is 0. The third-order valence-electron chi connectivity index (χ3n) is 4.90. The Bertz CT molecular complexity index is 196. The molecule has 0 saturated heterocycles. The van der Waals surface area contributed by atoms with Gasteiger partial charge in [0.1, 0.15) is 0 Å². The van der Waals surface area contributed by atoms with Crippen molar-refractivity contribution >= 4 is 0 Å². The van der Waals surface area contributed by atoms with Crippen molar-refractivity contribution in [2.75, 3.05) is 0 Å². The van der Waals surface area contributed by atoms with Crippen LogP contribution in [0.15, 0.2) is 0 Å². The monoisotopic (exact) mass is 207 g/mol. The van der Waals surface area contributed by atoms with Crippen LogP contribution in [0.2, 0.25) is 0 Å². The van der Waals surface area contributed by atoms with Gasteiger partial charge in [0.25, 0.3) is 0 Å². The summed E-state index contributed by atoms with van der Waals surface area (Å²) in [6.45, 7) is 7.39. The average molecular weight is 207 g/mol. The molecule has 0 amide bonds. The molecule has 0 aromatic rings. The lowest BCUT2D eigenvalue weighted by molar-refractivity contribution is 0.195. The molecule has 0 aromatic carbocycles. The Kier molecular flexibility index (Phi) is 3.74. The predicted molar refractivity (Wildman–Crippen MR) is 66.5 cm³/mol. The first kappa shape index (κ1) is 11.5. The smallest absolute Gasteiger partial charge is 0.0179 e. The van der Waals surface area contributed by atoms with Crippen LogP contribution >= 0.6 is 0 Å². The van der Waals surface area contributed by atoms with E-state index in [0.717, 1.165) is 23.7 Å². The zero-order valence-corrected chi connectivity index (χ0v) is 10.8. The standard InChI is InChI=1S/C15H27/c1-11-8-9-15(13(3)10-11)14-7-5-4-6-12(14)2/h11-14H,4-10H2,1-3H3. The van der Waals surface area contributed by atoms with Crippen LogP contribution in [0.4, 0.5) is 0 Å². The Balaban J connectivity index is 1.96. The maximum Gasteiger partial charge on any atom is -0.0179 e. The Labute approximate surface area is 95.8 Å². The van der Waals surface area contributed by atoms with Gasteiger partial charge in [0, 0.05) is 0 Å². The van der Waals surface area contributed by atoms with Crippen LogP contribution in [0.5, 0.6) is 0 Å². The maximum atomic E-state index is 2.49. The normalized spacial score (nSPS) is 44.2. The first-order valence-corrected chi connectivity index (χ1v) is 7.04. The van der Waals surface area contributed by atoms with Crippen molar-refractivity contribution in [2.24, 2.45) is 23.7 Å². The summed E-state index contributed by atoms with van der Waals surface area (Å²) in [6.07, 6.45) is 10.3. The van der Waals surface area contributed by atoms with E-state index < -0.39 is 0 Å². The molecule has 0 heterocycles. The van der Waals surface area contributed by atoms with Crippen molar-refractivity contribution < 1.29 is 0 Å². The molecule has 87 valence electrons. The van der Waals surface area contributed by atoms with E-state index in [9.17, 15) is 0 Å². The molecule has 2 fully saturated rings. The molecule has 2 aliphatic rings. The van der Waals surface area contributed by atoms with Gasteiger partial charge in [-0.05, 0) is 48.9 Å². The molecule has 0 N–H and O–H groups in total. The SMILES string of the molecule is CC1CC[C](C2CCCCC2C)C(C)C1. The highest BCUT2D eigenvalue weighted by atomic mass is 14.4. The van der Waals surface area contributed by atoms with Gasteiger partial charge in [-0.25, -0.2) is 0 Å². The van der Waals surface area contributed by atoms with E-state index in [1.54, 1.807) is 0 Å². The van der Waals surface area contributed by atoms with E-state index in [1.165, 1.54) is 44.9 Å². The van der Waals surface area contributed by atoms with Crippen LogP contribution in [0, 0.1) is 29.6 Å². The minimum atomic E-state index is 0.916. The minimum absolute atomic E-state index is 0.916. The highest BCUT2D eigenvalue weighted by Gasteiger charge is 2.35. The highest BCUT2D eigenvalue weighted by molar-refractivity contribution is 5.05. The fourth-order valence-electron chi connectivity index (χ4n) is 3.95. The van der Waals surface area contributed by atoms with Crippen LogP contribution in [0.3, 0.4) is 0 Å². The summed E-state index contributed by atoms with van der Waals surface area (Å²) in [4.78, 5) is 0. The van der Waals surface area contributed by atoms with Crippen molar-refractivity contribution in [1.29, 1.82) is 0 Å². The Morgan fingerprint density at radius 2 is 1.67 bits per heavy atom. The van der Waals surface area contributed by atoms with Crippen molar-refractivity contribution in [3.05, 3.63) is 5.92 Å². The van der Waals surface area contributed by atoms with Crippen LogP contribution in [-0.2, 0) is 0 Å². The largest absolute Gasteiger partial charge is 0.0625 e. The van der Waals surface area contributed by atoms with Crippen molar-refractivity contribution in [2.45, 2.75) is 65.7 Å². The maximum absolute atomic E-state index is 2.49. The summed E-state index contributed by atoms with van der Waals surface area (Å²) in [5.74, 6) is 5.80. The van der Waals surface area contributed by atoms with Crippen molar-refractivity contribution in [3.8, 4) is 0 Å². The summed E-state index contributed by atoms with van der Waals surface area (Å²) >= 11 is 0. The molecule has 0 aliphatic heterocycles. The fraction of sp³-hybridized carbons (Fsp3) is 0.933. The van der Waals surface area contributed by atoms with Gasteiger partial charge in [0.05, 0.1) is 0 Å². The first-order valence-electron chi connectivity index (χ1n) is 7.04. The zero-order chi connectivity index (χ0) is 10.8. The second kappa shape index (κ2) is 4.89. The van der Waals surface area contributed by atoms with E-state index in [2.05, 4.69) is 20.8 Å². The lowest BCUT2D eigenvalue weighted by Crippen LogP contribution is -2.31. The molecule has 4 atom stereocenters. The lowest BCUT2D eigenvalue weighted by Gasteiger charge is -2.42. The molecule has 0 spiro atoms. The van der Waals surface area contributed by atoms with E-state index in [0.29, 0.717) is 0 Å². The molecular formula is C15H27. The zero-order valence-electron chi connectivity index (χ0n) is 10.8. The molecule has 2 rings (SSSR count). The molecule has 1 radical (unpaired) electrons. The summed E-state index contributed by atoms with van der Waals surface area (Å²) in [6, 6.07) is 0. The van der Waals surface area contributed by atoms with Crippen LogP contribution in [0.25, 0.3) is 0 Å². The van der Waals surface area contributed by atoms with Crippen molar-refractivity contribution in [1.82, 2.24) is 0 Å². The Morgan fingerprint density at radius 3 is 2.33 bits per heavy atom. The second-order valence-electron chi connectivity index (χ2n) is 6.22. The lowest BCUT2D eigenvalue weighted by atomic mass is 9.63. The number of hydrogen-bond acceptors (Lipinski definition) is 0. The topological polar surface area (TPSA) is 0 Å². The van der Waals surface area contributed by atoms with Gasteiger partial charge in [0.2, 0.25) is 0 Å². The number of rotatable bonds is 1. The molecule has 0 bridgehead atoms. The quantitative estimate of drug-likeness (QED) is 0.577. The summed E-state index contributed by atoms with van der Waals surface area (Å²) in [5, 5.41) is 0. The van der Waals surface area contributed by atoms with E-state index in [4.69, 9.17) is 0 Å². The van der Waals surface area contributed by atoms with Crippen LogP contribution in [-0.4, -0.2) is 0 Å². The van der Waals surface area contributed by atoms with Crippen LogP contribution in [0.1, 0.15) is 65.7 Å². The summed E-state index contributed by atoms with van der Waals surface area (Å²) in [5.41, 5.74) is 0.